The fourth-order valence-electron chi connectivity index (χ4n) is 5.39. The number of carbonyl (C=O) groups is 5. The summed E-state index contributed by atoms with van der Waals surface area (Å²) in [6, 6.07) is 6.57. The fourth-order valence-corrected chi connectivity index (χ4v) is 7.61. The van der Waals surface area contributed by atoms with E-state index in [0.717, 1.165) is 22.9 Å². The Labute approximate surface area is 281 Å². The lowest BCUT2D eigenvalue weighted by atomic mass is 9.88. The molecule has 3 aromatic rings. The van der Waals surface area contributed by atoms with E-state index in [9.17, 15) is 47.4 Å². The first-order chi connectivity index (χ1) is 23.0. The van der Waals surface area contributed by atoms with Crippen LogP contribution in [0.1, 0.15) is 25.5 Å². The van der Waals surface area contributed by atoms with Crippen molar-refractivity contribution >= 4 is 69.3 Å². The summed E-state index contributed by atoms with van der Waals surface area (Å²) < 4.78 is 21.6. The van der Waals surface area contributed by atoms with Crippen LogP contribution in [-0.2, 0) is 29.2 Å². The summed E-state index contributed by atoms with van der Waals surface area (Å²) in [6.07, 6.45) is 1.32. The molecule has 0 radical (unpaired) electrons. The van der Waals surface area contributed by atoms with Crippen LogP contribution in [-0.4, -0.2) is 85.5 Å². The predicted octanol–water partition coefficient (Wildman–Crippen LogP) is -0.565. The zero-order valence-electron chi connectivity index (χ0n) is 25.5. The number of urea groups is 1. The molecule has 5 amide bonds. The number of rotatable bonds is 11. The summed E-state index contributed by atoms with van der Waals surface area (Å²) >= 11 is 1.05. The van der Waals surface area contributed by atoms with Crippen molar-refractivity contribution in [1.82, 2.24) is 30.8 Å². The molecule has 3 heterocycles. The summed E-state index contributed by atoms with van der Waals surface area (Å²) in [4.78, 5) is 83.9. The summed E-state index contributed by atoms with van der Waals surface area (Å²) in [5.74, 6) is -3.61. The molecule has 19 nitrogen and oxygen atoms in total. The number of sulfonamides is 1. The number of β-lactam (4-membered cyclic amide) rings is 1. The molecule has 0 aliphatic carbocycles. The van der Waals surface area contributed by atoms with Crippen molar-refractivity contribution in [3.8, 4) is 5.75 Å². The molecule has 2 fully saturated rings. The van der Waals surface area contributed by atoms with Gasteiger partial charge in [-0.05, 0) is 55.8 Å². The third-order valence-electron chi connectivity index (χ3n) is 7.81. The number of thioether (sulfide) groups is 1. The van der Waals surface area contributed by atoms with Gasteiger partial charge in [-0.2, -0.15) is 0 Å². The summed E-state index contributed by atoms with van der Waals surface area (Å²) in [5, 5.41) is 36.7. The van der Waals surface area contributed by atoms with Crippen LogP contribution >= 0.6 is 11.8 Å². The SMILES string of the molecule is CC1(C)S[C@@H]2[C@H](NC=O)C(=O)N2[C@@]1(NC(=O)C(NC(=O)Nc1cnc(Nc2ccc(S(N)(=O)=O)cc2)[nH]c1=O)c1ccc(O)cc1)C(=O)O. The Morgan fingerprint density at radius 1 is 1.10 bits per heavy atom. The van der Waals surface area contributed by atoms with Gasteiger partial charge in [0.05, 0.1) is 15.8 Å². The second-order valence-corrected chi connectivity index (χ2v) is 14.6. The third kappa shape index (κ3) is 6.45. The second-order valence-electron chi connectivity index (χ2n) is 11.3. The van der Waals surface area contributed by atoms with E-state index in [1.807, 2.05) is 0 Å². The van der Waals surface area contributed by atoms with E-state index in [4.69, 9.17) is 5.14 Å². The number of anilines is 3. The van der Waals surface area contributed by atoms with Crippen molar-refractivity contribution in [2.24, 2.45) is 5.14 Å². The molecule has 1 aromatic heterocycles. The van der Waals surface area contributed by atoms with E-state index < -0.39 is 67.3 Å². The molecule has 5 rings (SSSR count). The number of H-pyrrole nitrogens is 1. The van der Waals surface area contributed by atoms with Gasteiger partial charge in [0.15, 0.2) is 0 Å². The maximum Gasteiger partial charge on any atom is 0.352 e. The first-order valence-corrected chi connectivity index (χ1v) is 16.5. The van der Waals surface area contributed by atoms with E-state index >= 15 is 0 Å². The van der Waals surface area contributed by atoms with Crippen molar-refractivity contribution in [2.75, 3.05) is 10.6 Å². The van der Waals surface area contributed by atoms with Crippen molar-refractivity contribution in [3.63, 3.8) is 0 Å². The predicted molar refractivity (Wildman–Crippen MR) is 173 cm³/mol. The van der Waals surface area contributed by atoms with Crippen LogP contribution in [0, 0.1) is 0 Å². The van der Waals surface area contributed by atoms with Crippen molar-refractivity contribution in [1.29, 1.82) is 0 Å². The molecule has 2 aliphatic heterocycles. The van der Waals surface area contributed by atoms with Crippen LogP contribution in [0.5, 0.6) is 5.75 Å². The minimum Gasteiger partial charge on any atom is -0.508 e. The summed E-state index contributed by atoms with van der Waals surface area (Å²) in [5.41, 5.74) is -3.04. The molecular formula is C28H29N9O10S2. The highest BCUT2D eigenvalue weighted by atomic mass is 32.2. The fraction of sp³-hybridized carbons (Fsp3) is 0.250. The van der Waals surface area contributed by atoms with Crippen LogP contribution in [0.25, 0.3) is 0 Å². The Morgan fingerprint density at radius 3 is 2.33 bits per heavy atom. The molecule has 2 saturated heterocycles. The number of aromatic hydroxyl groups is 1. The van der Waals surface area contributed by atoms with Crippen LogP contribution in [0.3, 0.4) is 0 Å². The van der Waals surface area contributed by atoms with E-state index in [0.29, 0.717) is 12.1 Å². The van der Waals surface area contributed by atoms with Gasteiger partial charge in [-0.25, -0.2) is 28.1 Å². The number of aliphatic carboxylic acids is 1. The van der Waals surface area contributed by atoms with Gasteiger partial charge in [-0.3, -0.25) is 29.1 Å². The molecule has 21 heteroatoms. The van der Waals surface area contributed by atoms with Crippen LogP contribution < -0.4 is 37.3 Å². The number of carbonyl (C=O) groups excluding carboxylic acids is 4. The smallest absolute Gasteiger partial charge is 0.352 e. The molecule has 10 N–H and O–H groups in total. The number of nitrogens with two attached hydrogens (primary N) is 1. The lowest BCUT2D eigenvalue weighted by Crippen LogP contribution is -2.80. The average Bonchev–Trinajstić information content (AvgIpc) is 3.24. The highest BCUT2D eigenvalue weighted by Gasteiger charge is 2.74. The van der Waals surface area contributed by atoms with Gasteiger partial charge < -0.3 is 36.8 Å². The van der Waals surface area contributed by atoms with Gasteiger partial charge in [0, 0.05) is 5.69 Å². The Morgan fingerprint density at radius 2 is 1.76 bits per heavy atom. The van der Waals surface area contributed by atoms with Gasteiger partial charge in [-0.15, -0.1) is 11.8 Å². The zero-order valence-corrected chi connectivity index (χ0v) is 27.1. The third-order valence-corrected chi connectivity index (χ3v) is 10.3. The minimum absolute atomic E-state index is 0.0684. The number of carboxylic acid groups (broad SMARTS) is 1. The van der Waals surface area contributed by atoms with Crippen LogP contribution in [0.15, 0.2) is 64.4 Å². The second kappa shape index (κ2) is 12.7. The van der Waals surface area contributed by atoms with E-state index in [1.165, 1.54) is 62.4 Å². The molecular weight excluding hydrogens is 686 g/mol. The molecule has 2 aromatic carbocycles. The van der Waals surface area contributed by atoms with Crippen LogP contribution in [0.2, 0.25) is 0 Å². The number of nitrogens with one attached hydrogen (secondary N) is 6. The first-order valence-electron chi connectivity index (χ1n) is 14.1. The highest BCUT2D eigenvalue weighted by molar-refractivity contribution is 8.01. The quantitative estimate of drug-likeness (QED) is 0.0889. The number of phenols is 1. The molecule has 2 aliphatic rings. The maximum absolute atomic E-state index is 13.9. The Bertz CT molecular complexity index is 2010. The average molecular weight is 716 g/mol. The first kappa shape index (κ1) is 34.7. The number of primary sulfonamides is 1. The topological polar surface area (TPSA) is 295 Å². The van der Waals surface area contributed by atoms with Crippen LogP contribution in [0.4, 0.5) is 22.1 Å². The van der Waals surface area contributed by atoms with E-state index in [1.54, 1.807) is 0 Å². The maximum atomic E-state index is 13.9. The zero-order chi connectivity index (χ0) is 35.9. The minimum atomic E-state index is -3.92. The molecule has 0 bridgehead atoms. The standard InChI is InChI=1S/C28H29N9O10S2/c1-27(2)28(24(43)44,37-22(42)19(31-12-38)23(37)48-27)36-21(41)18(13-3-7-15(39)8-4-13)34-26(45)33-17-11-30-25(35-20(17)40)32-14-5-9-16(10-6-14)49(29,46)47/h3-12,18-19,23,39H,1-2H3,(H,31,38)(H,36,41)(H,43,44)(H2,29,46,47)(H2,33,34,45)(H2,30,32,35,40)/t18?,19-,23-,28+/m1/s1. The van der Waals surface area contributed by atoms with Crippen molar-refractivity contribution < 1.29 is 42.6 Å². The molecule has 0 spiro atoms. The number of amides is 5. The number of phenolic OH excluding ortho intramolecular Hbond substituents is 1. The van der Waals surface area contributed by atoms with Crippen molar-refractivity contribution in [3.05, 3.63) is 70.6 Å². The number of aromatic amines is 1. The Balaban J connectivity index is 1.36. The highest BCUT2D eigenvalue weighted by Crippen LogP contribution is 2.55. The largest absolute Gasteiger partial charge is 0.508 e. The number of nitrogens with zero attached hydrogens (tertiary/aromatic N) is 2. The number of hydrogen-bond donors (Lipinski definition) is 9. The van der Waals surface area contributed by atoms with E-state index in [-0.39, 0.29) is 27.8 Å². The number of hydrogen-bond acceptors (Lipinski definition) is 12. The number of aromatic nitrogens is 2. The van der Waals surface area contributed by atoms with Gasteiger partial charge in [0.25, 0.3) is 11.5 Å². The monoisotopic (exact) mass is 715 g/mol. The normalized spacial score (nSPS) is 21.4. The summed E-state index contributed by atoms with van der Waals surface area (Å²) in [6.45, 7) is 3.01. The van der Waals surface area contributed by atoms with Crippen molar-refractivity contribution in [2.45, 2.75) is 46.6 Å². The van der Waals surface area contributed by atoms with Gasteiger partial charge in [0.2, 0.25) is 34.0 Å². The number of benzene rings is 2. The molecule has 1 unspecified atom stereocenters. The van der Waals surface area contributed by atoms with Gasteiger partial charge in [-0.1, -0.05) is 12.1 Å². The number of carboxylic acids is 1. The summed E-state index contributed by atoms with van der Waals surface area (Å²) in [7, 11) is -3.92. The number of fused-ring (bicyclic) bond motifs is 1. The molecule has 49 heavy (non-hydrogen) atoms. The lowest BCUT2D eigenvalue weighted by Gasteiger charge is -2.49. The Kier molecular flexibility index (Phi) is 9.01. The van der Waals surface area contributed by atoms with Gasteiger partial charge >= 0.3 is 12.0 Å². The Hall–Kier alpha value is -5.67. The van der Waals surface area contributed by atoms with E-state index in [2.05, 4.69) is 36.6 Å². The molecule has 258 valence electrons. The van der Waals surface area contributed by atoms with Gasteiger partial charge in [0.1, 0.15) is 28.9 Å². The lowest BCUT2D eigenvalue weighted by molar-refractivity contribution is -0.176. The molecule has 0 saturated carbocycles. The molecule has 4 atom stereocenters.